The van der Waals surface area contributed by atoms with E-state index >= 15 is 0 Å². The molecule has 88 heavy (non-hydrogen) atoms. The lowest BCUT2D eigenvalue weighted by Gasteiger charge is -2.44. The zero-order valence-corrected chi connectivity index (χ0v) is 54.6. The summed E-state index contributed by atoms with van der Waals surface area (Å²) in [4.78, 5) is 0. The average molecular weight is 1140 g/mol. The minimum atomic E-state index is -0.596. The molecule has 17 rings (SSSR count). The average Bonchev–Trinajstić information content (AvgIpc) is 1.33. The molecule has 0 N–H and O–H groups in total. The SMILES string of the molecule is CC(C)(C)c1cc(-c2cc3c(cc2-c2c(-c4ccccc4)n4c5c(c6ccccc6cc25)B2c5c-4ccc4c5-n5c6c2cc(C(C)(C)C)cc6c2cc(C(C)(C)C)cc(c25)C42c4ccccc4-c4ccccc42)C(C)(C)CCC3(C)C)cc(C(C)(C)C)c1. The Kier molecular flexibility index (Phi) is 10.5. The van der Waals surface area contributed by atoms with Crippen LogP contribution in [0.5, 0.6) is 0 Å². The molecule has 2 nitrogen and oxygen atoms in total. The van der Waals surface area contributed by atoms with Crippen molar-refractivity contribution in [1.29, 1.82) is 0 Å². The summed E-state index contributed by atoms with van der Waals surface area (Å²) in [6, 6.07) is 71.1. The molecule has 0 atom stereocenters. The lowest BCUT2D eigenvalue weighted by molar-refractivity contribution is 0.332. The summed E-state index contributed by atoms with van der Waals surface area (Å²) in [7, 11) is 0. The molecule has 5 heterocycles. The van der Waals surface area contributed by atoms with Gasteiger partial charge in [-0.25, -0.2) is 0 Å². The van der Waals surface area contributed by atoms with Crippen molar-refractivity contribution < 1.29 is 0 Å². The zero-order valence-electron chi connectivity index (χ0n) is 54.6. The fraction of sp³-hybridized carbons (Fsp3) is 0.294. The lowest BCUT2D eigenvalue weighted by atomic mass is 9.33. The highest BCUT2D eigenvalue weighted by atomic mass is 15.1. The fourth-order valence-electron chi connectivity index (χ4n) is 17.5. The van der Waals surface area contributed by atoms with Gasteiger partial charge < -0.3 is 9.13 Å². The minimum absolute atomic E-state index is 0.00477. The molecule has 0 bridgehead atoms. The van der Waals surface area contributed by atoms with Gasteiger partial charge in [0.05, 0.1) is 22.1 Å². The number of hydrogen-bond donors (Lipinski definition) is 0. The summed E-state index contributed by atoms with van der Waals surface area (Å²) in [5, 5.41) is 6.64. The number of nitrogens with zero attached hydrogens (tertiary/aromatic N) is 2. The molecule has 2 aliphatic carbocycles. The van der Waals surface area contributed by atoms with Crippen LogP contribution in [0.3, 0.4) is 0 Å². The Morgan fingerprint density at radius 1 is 0.364 bits per heavy atom. The van der Waals surface area contributed by atoms with Gasteiger partial charge in [-0.15, -0.1) is 0 Å². The van der Waals surface area contributed by atoms with Crippen LogP contribution in [-0.4, -0.2) is 15.8 Å². The highest BCUT2D eigenvalue weighted by Gasteiger charge is 2.55. The van der Waals surface area contributed by atoms with Crippen molar-refractivity contribution in [3.05, 3.63) is 232 Å². The molecule has 0 radical (unpaired) electrons. The van der Waals surface area contributed by atoms with Crippen molar-refractivity contribution >= 4 is 66.6 Å². The van der Waals surface area contributed by atoms with E-state index in [-0.39, 0.29) is 39.2 Å². The van der Waals surface area contributed by atoms with Crippen molar-refractivity contribution in [3.8, 4) is 56.0 Å². The molecule has 10 aromatic carbocycles. The maximum absolute atomic E-state index is 2.81. The number of rotatable bonds is 3. The van der Waals surface area contributed by atoms with Crippen molar-refractivity contribution in [3.63, 3.8) is 0 Å². The van der Waals surface area contributed by atoms with E-state index in [0.29, 0.717) is 0 Å². The first-order valence-corrected chi connectivity index (χ1v) is 32.7. The third kappa shape index (κ3) is 6.97. The van der Waals surface area contributed by atoms with Crippen LogP contribution in [0.2, 0.25) is 0 Å². The molecule has 0 fully saturated rings. The summed E-state index contributed by atoms with van der Waals surface area (Å²) in [6.45, 7) is 38.8. The second-order valence-corrected chi connectivity index (χ2v) is 32.7. The summed E-state index contributed by atoms with van der Waals surface area (Å²) >= 11 is 0. The summed E-state index contributed by atoms with van der Waals surface area (Å²) in [6.07, 6.45) is 2.28. The molecule has 1 spiro atoms. The maximum Gasteiger partial charge on any atom is 0.253 e. The normalized spacial score (nSPS) is 16.3. The van der Waals surface area contributed by atoms with Gasteiger partial charge in [0.15, 0.2) is 0 Å². The van der Waals surface area contributed by atoms with Gasteiger partial charge >= 0.3 is 0 Å². The molecular weight excluding hydrogens is 1060 g/mol. The Balaban J connectivity index is 1.11. The first-order chi connectivity index (χ1) is 41.7. The van der Waals surface area contributed by atoms with E-state index in [0.717, 1.165) is 12.8 Å². The van der Waals surface area contributed by atoms with Crippen LogP contribution in [0, 0.1) is 0 Å². The third-order valence-electron chi connectivity index (χ3n) is 22.3. The Hall–Kier alpha value is -8.14. The van der Waals surface area contributed by atoms with E-state index in [9.17, 15) is 0 Å². The van der Waals surface area contributed by atoms with Crippen LogP contribution in [-0.2, 0) is 37.9 Å². The van der Waals surface area contributed by atoms with Crippen LogP contribution >= 0.6 is 0 Å². The molecule has 0 saturated heterocycles. The Morgan fingerprint density at radius 2 is 0.898 bits per heavy atom. The molecule has 2 aromatic heterocycles. The minimum Gasteiger partial charge on any atom is -0.310 e. The van der Waals surface area contributed by atoms with Gasteiger partial charge in [0.2, 0.25) is 0 Å². The van der Waals surface area contributed by atoms with E-state index in [4.69, 9.17) is 0 Å². The number of hydrogen-bond acceptors (Lipinski definition) is 0. The van der Waals surface area contributed by atoms with Gasteiger partial charge in [-0.1, -0.05) is 250 Å². The Bertz CT molecular complexity index is 5040. The van der Waals surface area contributed by atoms with Gasteiger partial charge in [-0.2, -0.15) is 0 Å². The van der Waals surface area contributed by atoms with Gasteiger partial charge in [0.1, 0.15) is 0 Å². The van der Waals surface area contributed by atoms with Crippen LogP contribution in [0.15, 0.2) is 176 Å². The van der Waals surface area contributed by atoms with Crippen LogP contribution in [0.25, 0.3) is 99.5 Å². The molecule has 12 aromatic rings. The summed E-state index contributed by atoms with van der Waals surface area (Å²) < 4.78 is 5.62. The Morgan fingerprint density at radius 3 is 1.51 bits per heavy atom. The summed E-state index contributed by atoms with van der Waals surface area (Å²) in [5.41, 5.74) is 34.3. The molecule has 0 saturated carbocycles. The van der Waals surface area contributed by atoms with E-state index < -0.39 is 5.41 Å². The quantitative estimate of drug-likeness (QED) is 0.156. The van der Waals surface area contributed by atoms with Crippen molar-refractivity contribution in [2.24, 2.45) is 0 Å². The highest BCUT2D eigenvalue weighted by molar-refractivity contribution is 7.01. The number of benzene rings is 10. The van der Waals surface area contributed by atoms with Crippen LogP contribution in [0.1, 0.15) is 179 Å². The van der Waals surface area contributed by atoms with Gasteiger partial charge in [0, 0.05) is 38.6 Å². The lowest BCUT2D eigenvalue weighted by Crippen LogP contribution is -2.61. The predicted octanol–water partition coefficient (Wildman–Crippen LogP) is 20.2. The van der Waals surface area contributed by atoms with E-state index in [1.165, 1.54) is 172 Å². The number of aromatic nitrogens is 2. The second-order valence-electron chi connectivity index (χ2n) is 32.7. The highest BCUT2D eigenvalue weighted by Crippen LogP contribution is 2.63. The van der Waals surface area contributed by atoms with E-state index in [2.05, 4.69) is 296 Å². The Labute approximate surface area is 521 Å². The van der Waals surface area contributed by atoms with E-state index in [1.54, 1.807) is 0 Å². The molecule has 434 valence electrons. The zero-order chi connectivity index (χ0) is 61.1. The number of fused-ring (bicyclic) bond motifs is 14. The second kappa shape index (κ2) is 17.2. The van der Waals surface area contributed by atoms with Gasteiger partial charge in [0.25, 0.3) is 6.71 Å². The van der Waals surface area contributed by atoms with Gasteiger partial charge in [-0.05, 0) is 198 Å². The third-order valence-corrected chi connectivity index (χ3v) is 22.3. The van der Waals surface area contributed by atoms with Crippen molar-refractivity contribution in [1.82, 2.24) is 9.13 Å². The van der Waals surface area contributed by atoms with Crippen LogP contribution < -0.4 is 16.4 Å². The molecule has 0 amide bonds. The largest absolute Gasteiger partial charge is 0.310 e. The molecule has 3 heteroatoms. The standard InChI is InChI=1S/C85H81BN2/c1-79(2,3)51-38-50(39-52(41-51)80(4,5)6)58-46-66-67(84(15,16)37-36-83(66,13)14)47-59(58)71-62-40-49-28-20-21-29-55(49)72-77(62)87(74(71)48-26-18-17-19-27-48)70-35-34-65-78-73(70)86(72)69-45-54(82(10,11)12)43-61-60-42-53(81(7,8)9)44-68(75(60)88(78)76(61)69)85(65)63-32-24-22-30-56(63)57-31-23-25-33-64(57)85/h17-35,38-47H,36-37H2,1-16H3. The smallest absolute Gasteiger partial charge is 0.253 e. The predicted molar refractivity (Wildman–Crippen MR) is 377 cm³/mol. The first kappa shape index (κ1) is 54.1. The fourth-order valence-corrected chi connectivity index (χ4v) is 17.5. The molecule has 5 aliphatic rings. The summed E-state index contributed by atoms with van der Waals surface area (Å²) in [5.74, 6) is 0. The monoisotopic (exact) mass is 1140 g/mol. The maximum atomic E-state index is 2.81. The van der Waals surface area contributed by atoms with E-state index in [1.807, 2.05) is 0 Å². The molecule has 3 aliphatic heterocycles. The van der Waals surface area contributed by atoms with Crippen molar-refractivity contribution in [2.75, 3.05) is 0 Å². The molecular formula is C85H81BN2. The van der Waals surface area contributed by atoms with Crippen LogP contribution in [0.4, 0.5) is 0 Å². The topological polar surface area (TPSA) is 9.86 Å². The first-order valence-electron chi connectivity index (χ1n) is 32.7. The van der Waals surface area contributed by atoms with Crippen molar-refractivity contribution in [2.45, 2.75) is 162 Å². The van der Waals surface area contributed by atoms with Gasteiger partial charge in [-0.3, -0.25) is 0 Å². The molecule has 0 unspecified atom stereocenters.